The van der Waals surface area contributed by atoms with Gasteiger partial charge in [-0.1, -0.05) is 77.0 Å². The van der Waals surface area contributed by atoms with Crippen molar-refractivity contribution >= 4 is 21.5 Å². The molecule has 450 valence electrons. The van der Waals surface area contributed by atoms with Crippen LogP contribution in [0, 0.1) is 0 Å². The van der Waals surface area contributed by atoms with Gasteiger partial charge in [0.25, 0.3) is 0 Å². The van der Waals surface area contributed by atoms with Gasteiger partial charge in [-0.2, -0.15) is 0 Å². The maximum Gasteiger partial charge on any atom is 0.206 e. The Hall–Kier alpha value is -3.26. The molecule has 0 saturated carbocycles. The molecule has 0 saturated heterocycles. The van der Waals surface area contributed by atoms with Crippen molar-refractivity contribution in [1.82, 2.24) is 0 Å². The molecule has 0 bridgehead atoms. The molecule has 0 radical (unpaired) electrons. The van der Waals surface area contributed by atoms with Crippen LogP contribution in [0.5, 0.6) is 23.0 Å². The monoisotopic (exact) mass is 1110 g/mol. The van der Waals surface area contributed by atoms with E-state index in [9.17, 15) is 40.9 Å². The first-order valence-electron chi connectivity index (χ1n) is 28.9. The fourth-order valence-corrected chi connectivity index (χ4v) is 8.29. The Kier molecular flexibility index (Phi) is 38.5. The normalized spacial score (nSPS) is 15.0. The minimum Gasteiger partial charge on any atom is -0.490 e. The third-order valence-corrected chi connectivity index (χ3v) is 12.6. The molecule has 3 aromatic rings. The lowest BCUT2D eigenvalue weighted by Crippen LogP contribution is -2.31. The molecule has 3 aromatic carbocycles. The molecule has 3 rings (SSSR count). The zero-order valence-electron chi connectivity index (χ0n) is 47.2. The summed E-state index contributed by atoms with van der Waals surface area (Å²) in [5.41, 5.74) is 0. The van der Waals surface area contributed by atoms with Crippen LogP contribution in [0.1, 0.15) is 156 Å². The van der Waals surface area contributed by atoms with E-state index in [1.807, 2.05) is 24.3 Å². The van der Waals surface area contributed by atoms with Gasteiger partial charge in [-0.15, -0.1) is 0 Å². The largest absolute Gasteiger partial charge is 0.490 e. The summed E-state index contributed by atoms with van der Waals surface area (Å²) in [7, 11) is 0. The summed E-state index contributed by atoms with van der Waals surface area (Å²) in [5, 5.41) is 82.3. The topological polar surface area (TPSA) is 273 Å². The van der Waals surface area contributed by atoms with Gasteiger partial charge >= 0.3 is 0 Å². The number of hydrogen-bond acceptors (Lipinski definition) is 20. The lowest BCUT2D eigenvalue weighted by atomic mass is 10.0. The lowest BCUT2D eigenvalue weighted by molar-refractivity contribution is -0.250. The van der Waals surface area contributed by atoms with Crippen molar-refractivity contribution in [2.75, 3.05) is 79.3 Å². The number of fused-ring (bicyclic) bond motifs is 2. The molecular formula is C58H98O20. The highest BCUT2D eigenvalue weighted by molar-refractivity contribution is 6.00. The van der Waals surface area contributed by atoms with Gasteiger partial charge in [-0.3, -0.25) is 0 Å². The van der Waals surface area contributed by atoms with Crippen molar-refractivity contribution in [3.8, 4) is 23.0 Å². The Labute approximate surface area is 463 Å². The molecule has 0 amide bonds. The summed E-state index contributed by atoms with van der Waals surface area (Å²) in [5.74, 6) is 2.65. The van der Waals surface area contributed by atoms with Crippen LogP contribution >= 0.6 is 0 Å². The van der Waals surface area contributed by atoms with Crippen LogP contribution in [0.15, 0.2) is 36.4 Å². The van der Waals surface area contributed by atoms with Crippen molar-refractivity contribution in [3.05, 3.63) is 36.4 Å². The number of hydrogen-bond donors (Lipinski definition) is 8. The van der Waals surface area contributed by atoms with E-state index in [4.69, 9.17) is 56.8 Å². The minimum atomic E-state index is -1.37. The fraction of sp³-hybridized carbons (Fsp3) is 0.759. The second-order valence-corrected chi connectivity index (χ2v) is 19.0. The van der Waals surface area contributed by atoms with Gasteiger partial charge in [-0.05, 0) is 137 Å². The summed E-state index contributed by atoms with van der Waals surface area (Å²) in [6.45, 7) is 11.3. The molecule has 0 fully saturated rings. The number of aliphatic hydroxyl groups is 8. The average Bonchev–Trinajstić information content (AvgIpc) is 3.43. The fourth-order valence-electron chi connectivity index (χ4n) is 8.29. The second-order valence-electron chi connectivity index (χ2n) is 19.0. The Bertz CT molecular complexity index is 1660. The summed E-state index contributed by atoms with van der Waals surface area (Å²) in [4.78, 5) is 0. The van der Waals surface area contributed by atoms with Crippen LogP contribution in [-0.4, -0.2) is 170 Å². The Morgan fingerprint density at radius 3 is 0.590 bits per heavy atom. The molecule has 78 heavy (non-hydrogen) atoms. The highest BCUT2D eigenvalue weighted by Gasteiger charge is 2.20. The van der Waals surface area contributed by atoms with E-state index in [1.165, 1.54) is 0 Å². The van der Waals surface area contributed by atoms with Crippen LogP contribution in [-0.2, 0) is 37.9 Å². The third kappa shape index (κ3) is 29.5. The van der Waals surface area contributed by atoms with Gasteiger partial charge in [0.05, 0.1) is 26.4 Å². The molecule has 0 aliphatic rings. The van der Waals surface area contributed by atoms with Crippen LogP contribution in [0.25, 0.3) is 21.5 Å². The average molecular weight is 1120 g/mol. The molecule has 0 heterocycles. The van der Waals surface area contributed by atoms with Gasteiger partial charge < -0.3 is 97.7 Å². The van der Waals surface area contributed by atoms with Gasteiger partial charge in [0.15, 0.2) is 23.0 Å². The third-order valence-electron chi connectivity index (χ3n) is 12.6. The molecule has 0 spiro atoms. The highest BCUT2D eigenvalue weighted by Crippen LogP contribution is 2.39. The predicted molar refractivity (Wildman–Crippen MR) is 294 cm³/mol. The molecule has 8 unspecified atom stereocenters. The van der Waals surface area contributed by atoms with E-state index in [2.05, 4.69) is 12.1 Å². The first kappa shape index (κ1) is 69.0. The molecular weight excluding hydrogens is 1020 g/mol. The molecule has 0 aliphatic heterocycles. The summed E-state index contributed by atoms with van der Waals surface area (Å²) in [6, 6.07) is 12.4. The van der Waals surface area contributed by atoms with E-state index in [0.717, 1.165) is 150 Å². The van der Waals surface area contributed by atoms with Crippen molar-refractivity contribution in [2.24, 2.45) is 0 Å². The van der Waals surface area contributed by atoms with Gasteiger partial charge in [0.1, 0.15) is 0 Å². The van der Waals surface area contributed by atoms with Crippen molar-refractivity contribution < 1.29 is 97.7 Å². The Morgan fingerprint density at radius 2 is 0.397 bits per heavy atom. The van der Waals surface area contributed by atoms with Crippen LogP contribution in [0.4, 0.5) is 0 Å². The number of benzene rings is 3. The van der Waals surface area contributed by atoms with Gasteiger partial charge in [0.2, 0.25) is 50.3 Å². The lowest BCUT2D eigenvalue weighted by Gasteiger charge is -2.18. The van der Waals surface area contributed by atoms with Crippen molar-refractivity contribution in [1.29, 1.82) is 0 Å². The molecule has 8 N–H and O–H groups in total. The zero-order chi connectivity index (χ0) is 56.6. The standard InChI is InChI=1S/C58H98O20/c1-5-67-51(59)55(63)75-33-25-17-9-13-21-29-71-47-39-43-37-45-41-49(73-31-23-15-11-19-27-35-77-57(65)53(61)69-7-3)50(74-32-24-16-12-20-28-36-78-58(66)54(62)70-8-4)42-46(45)38-44(43)40-48(47)72-30-22-14-10-18-26-34-76-56(64)52(60)68-6-2/h37-42,51-66H,5-36H2,1-4H3. The molecule has 8 atom stereocenters. The minimum absolute atomic E-state index is 0.274. The maximum absolute atomic E-state index is 9.87. The van der Waals surface area contributed by atoms with Crippen LogP contribution < -0.4 is 18.9 Å². The Balaban J connectivity index is 1.68. The smallest absolute Gasteiger partial charge is 0.206 e. The molecule has 0 aromatic heterocycles. The quantitative estimate of drug-likeness (QED) is 0.0151. The SMILES string of the molecule is CCOC(O)C(O)OCCCCCCCOc1cc2cc3cc(OCCCCCCCOC(O)C(O)OCC)c(OCCCCCCCOC(O)C(O)OCC)cc3cc2cc1OCCCCCCCOC(O)C(O)OCC. The van der Waals surface area contributed by atoms with Crippen molar-refractivity contribution in [2.45, 2.75) is 206 Å². The molecule has 20 nitrogen and oxygen atoms in total. The molecule has 0 aliphatic carbocycles. The van der Waals surface area contributed by atoms with E-state index < -0.39 is 50.3 Å². The van der Waals surface area contributed by atoms with Gasteiger partial charge in [0, 0.05) is 52.9 Å². The van der Waals surface area contributed by atoms with Gasteiger partial charge in [-0.25, -0.2) is 0 Å². The number of aliphatic hydroxyl groups excluding tert-OH is 8. The predicted octanol–water partition coefficient (Wildman–Crippen LogP) is 8.07. The zero-order valence-corrected chi connectivity index (χ0v) is 47.2. The molecule has 20 heteroatoms. The number of rotatable bonds is 52. The summed E-state index contributed by atoms with van der Waals surface area (Å²) in [6.07, 6.45) is 6.53. The summed E-state index contributed by atoms with van der Waals surface area (Å²) >= 11 is 0. The Morgan fingerprint density at radius 1 is 0.231 bits per heavy atom. The van der Waals surface area contributed by atoms with Crippen LogP contribution in [0.3, 0.4) is 0 Å². The first-order chi connectivity index (χ1) is 37.9. The van der Waals surface area contributed by atoms with Crippen LogP contribution in [0.2, 0.25) is 0 Å². The van der Waals surface area contributed by atoms with E-state index in [1.54, 1.807) is 27.7 Å². The number of unbranched alkanes of at least 4 members (excludes halogenated alkanes) is 16. The van der Waals surface area contributed by atoms with E-state index in [-0.39, 0.29) is 26.4 Å². The number of ether oxygens (including phenoxy) is 12. The first-order valence-corrected chi connectivity index (χ1v) is 28.9. The second kappa shape index (κ2) is 43.5. The maximum atomic E-state index is 9.87. The van der Waals surface area contributed by atoms with Crippen molar-refractivity contribution in [3.63, 3.8) is 0 Å². The summed E-state index contributed by atoms with van der Waals surface area (Å²) < 4.78 is 66.8. The highest BCUT2D eigenvalue weighted by atomic mass is 16.7. The van der Waals surface area contributed by atoms with E-state index in [0.29, 0.717) is 75.9 Å². The van der Waals surface area contributed by atoms with E-state index >= 15 is 0 Å².